The van der Waals surface area contributed by atoms with Gasteiger partial charge in [-0.2, -0.15) is 0 Å². The van der Waals surface area contributed by atoms with Crippen LogP contribution >= 0.6 is 0 Å². The Hall–Kier alpha value is -2.24. The van der Waals surface area contributed by atoms with Crippen molar-refractivity contribution in [1.82, 2.24) is 5.32 Å². The van der Waals surface area contributed by atoms with Gasteiger partial charge in [0.2, 0.25) is 6.23 Å². The molecule has 0 bridgehead atoms. The minimum atomic E-state index is -1.30. The third kappa shape index (κ3) is 3.55. The highest BCUT2D eigenvalue weighted by molar-refractivity contribution is 5.67. The van der Waals surface area contributed by atoms with Gasteiger partial charge in [0, 0.05) is 5.56 Å². The summed E-state index contributed by atoms with van der Waals surface area (Å²) in [5, 5.41) is 10.5. The van der Waals surface area contributed by atoms with Crippen molar-refractivity contribution < 1.29 is 19.4 Å². The van der Waals surface area contributed by atoms with E-state index in [1.807, 2.05) is 5.32 Å². The number of carbonyl (C=O) groups is 2. The molecule has 15 heavy (non-hydrogen) atoms. The van der Waals surface area contributed by atoms with Crippen LogP contribution in [0.15, 0.2) is 30.3 Å². The minimum Gasteiger partial charge on any atom is -0.465 e. The first-order chi connectivity index (χ1) is 7.09. The molecular weight excluding hydrogens is 200 g/mol. The minimum absolute atomic E-state index is 0.499. The summed E-state index contributed by atoms with van der Waals surface area (Å²) >= 11 is 0. The fourth-order valence-electron chi connectivity index (χ4n) is 1.04. The lowest BCUT2D eigenvalue weighted by atomic mass is 10.2. The van der Waals surface area contributed by atoms with Gasteiger partial charge < -0.3 is 15.6 Å². The average molecular weight is 210 g/mol. The highest BCUT2D eigenvalue weighted by atomic mass is 16.6. The molecular formula is C9H10N2O4. The third-order valence-corrected chi connectivity index (χ3v) is 1.59. The third-order valence-electron chi connectivity index (χ3n) is 1.59. The van der Waals surface area contributed by atoms with Gasteiger partial charge in [0.15, 0.2) is 0 Å². The summed E-state index contributed by atoms with van der Waals surface area (Å²) < 4.78 is 4.59. The van der Waals surface area contributed by atoms with Crippen LogP contribution in [-0.4, -0.2) is 17.3 Å². The van der Waals surface area contributed by atoms with Crippen molar-refractivity contribution in [3.05, 3.63) is 35.9 Å². The molecule has 4 N–H and O–H groups in total. The van der Waals surface area contributed by atoms with E-state index in [0.29, 0.717) is 5.56 Å². The fraction of sp³-hybridized carbons (Fsp3) is 0.111. The van der Waals surface area contributed by atoms with Crippen LogP contribution in [-0.2, 0) is 4.74 Å². The zero-order valence-electron chi connectivity index (χ0n) is 7.71. The van der Waals surface area contributed by atoms with Crippen molar-refractivity contribution in [2.75, 3.05) is 0 Å². The molecule has 1 aromatic carbocycles. The first-order valence-electron chi connectivity index (χ1n) is 4.10. The number of carboxylic acid groups (broad SMARTS) is 1. The summed E-state index contributed by atoms with van der Waals surface area (Å²) in [6.45, 7) is 0. The predicted molar refractivity (Wildman–Crippen MR) is 51.0 cm³/mol. The smallest absolute Gasteiger partial charge is 0.407 e. The molecule has 0 aliphatic carbocycles. The summed E-state index contributed by atoms with van der Waals surface area (Å²) in [6.07, 6.45) is -3.43. The Kier molecular flexibility index (Phi) is 3.50. The van der Waals surface area contributed by atoms with E-state index in [1.165, 1.54) is 0 Å². The van der Waals surface area contributed by atoms with Gasteiger partial charge in [-0.3, -0.25) is 5.32 Å². The maximum Gasteiger partial charge on any atom is 0.407 e. The number of hydrogen-bond donors (Lipinski definition) is 3. The Morgan fingerprint density at radius 3 is 2.40 bits per heavy atom. The van der Waals surface area contributed by atoms with Gasteiger partial charge in [-0.15, -0.1) is 0 Å². The Morgan fingerprint density at radius 2 is 1.93 bits per heavy atom. The van der Waals surface area contributed by atoms with Crippen molar-refractivity contribution in [3.63, 3.8) is 0 Å². The van der Waals surface area contributed by atoms with Gasteiger partial charge in [0.25, 0.3) is 0 Å². The van der Waals surface area contributed by atoms with Crippen molar-refractivity contribution in [3.8, 4) is 0 Å². The topological polar surface area (TPSA) is 102 Å². The van der Waals surface area contributed by atoms with Crippen molar-refractivity contribution in [1.29, 1.82) is 0 Å². The Morgan fingerprint density at radius 1 is 1.33 bits per heavy atom. The molecule has 0 spiro atoms. The Balaban J connectivity index is 2.81. The van der Waals surface area contributed by atoms with Gasteiger partial charge in [-0.1, -0.05) is 30.3 Å². The lowest BCUT2D eigenvalue weighted by molar-refractivity contribution is 0.0831. The van der Waals surface area contributed by atoms with Crippen LogP contribution in [0.4, 0.5) is 9.59 Å². The van der Waals surface area contributed by atoms with Crippen LogP contribution in [0.1, 0.15) is 11.8 Å². The molecule has 0 saturated heterocycles. The van der Waals surface area contributed by atoms with Crippen LogP contribution in [0.25, 0.3) is 0 Å². The quantitative estimate of drug-likeness (QED) is 0.649. The fourth-order valence-corrected chi connectivity index (χ4v) is 1.04. The summed E-state index contributed by atoms with van der Waals surface area (Å²) in [7, 11) is 0. The van der Waals surface area contributed by atoms with Crippen LogP contribution in [0.3, 0.4) is 0 Å². The number of hydrogen-bond acceptors (Lipinski definition) is 3. The molecule has 0 saturated carbocycles. The van der Waals surface area contributed by atoms with E-state index in [2.05, 4.69) is 4.74 Å². The normalized spacial score (nSPS) is 11.5. The molecule has 0 aliphatic rings. The zero-order valence-corrected chi connectivity index (χ0v) is 7.71. The molecule has 6 nitrogen and oxygen atoms in total. The molecule has 0 aliphatic heterocycles. The van der Waals surface area contributed by atoms with Gasteiger partial charge in [0.05, 0.1) is 0 Å². The van der Waals surface area contributed by atoms with Gasteiger partial charge in [0.1, 0.15) is 0 Å². The van der Waals surface area contributed by atoms with Gasteiger partial charge in [-0.25, -0.2) is 9.59 Å². The number of benzene rings is 1. The summed E-state index contributed by atoms with van der Waals surface area (Å²) in [5.74, 6) is 0. The molecule has 80 valence electrons. The Bertz CT molecular complexity index is 336. The second-order valence-electron chi connectivity index (χ2n) is 2.68. The van der Waals surface area contributed by atoms with Crippen LogP contribution in [0, 0.1) is 0 Å². The van der Waals surface area contributed by atoms with E-state index in [-0.39, 0.29) is 0 Å². The van der Waals surface area contributed by atoms with Crippen LogP contribution < -0.4 is 11.1 Å². The maximum absolute atomic E-state index is 10.5. The molecule has 1 atom stereocenters. The predicted octanol–water partition coefficient (Wildman–Crippen LogP) is 1.05. The molecule has 0 heterocycles. The lowest BCUT2D eigenvalue weighted by Crippen LogP contribution is -2.32. The average Bonchev–Trinajstić information content (AvgIpc) is 2.17. The second-order valence-corrected chi connectivity index (χ2v) is 2.68. The molecule has 0 radical (unpaired) electrons. The monoisotopic (exact) mass is 210 g/mol. The van der Waals surface area contributed by atoms with E-state index in [4.69, 9.17) is 10.8 Å². The molecule has 6 heteroatoms. The summed E-state index contributed by atoms with van der Waals surface area (Å²) in [5.41, 5.74) is 5.31. The summed E-state index contributed by atoms with van der Waals surface area (Å²) in [6, 6.07) is 8.37. The number of primary amides is 1. The van der Waals surface area contributed by atoms with E-state index in [9.17, 15) is 9.59 Å². The van der Waals surface area contributed by atoms with E-state index in [1.54, 1.807) is 30.3 Å². The van der Waals surface area contributed by atoms with Crippen molar-refractivity contribution in [2.45, 2.75) is 6.23 Å². The number of amides is 2. The zero-order chi connectivity index (χ0) is 11.3. The number of nitrogens with one attached hydrogen (secondary N) is 1. The number of ether oxygens (including phenoxy) is 1. The number of nitrogens with two attached hydrogens (primary N) is 1. The molecule has 2 amide bonds. The SMILES string of the molecule is NC(=O)OC(NC(=O)O)c1ccccc1. The maximum atomic E-state index is 10.5. The number of rotatable bonds is 3. The lowest BCUT2D eigenvalue weighted by Gasteiger charge is -2.16. The van der Waals surface area contributed by atoms with E-state index < -0.39 is 18.4 Å². The molecule has 0 fully saturated rings. The molecule has 0 aromatic heterocycles. The standard InChI is InChI=1S/C9H10N2O4/c10-8(12)15-7(11-9(13)14)6-4-2-1-3-5-6/h1-5,7,11H,(H2,10,12)(H,13,14). The van der Waals surface area contributed by atoms with Gasteiger partial charge >= 0.3 is 12.2 Å². The van der Waals surface area contributed by atoms with Gasteiger partial charge in [-0.05, 0) is 0 Å². The Labute approximate surface area is 85.6 Å². The van der Waals surface area contributed by atoms with Crippen molar-refractivity contribution >= 4 is 12.2 Å². The number of carbonyl (C=O) groups excluding carboxylic acids is 1. The first-order valence-corrected chi connectivity index (χ1v) is 4.10. The molecule has 1 aromatic rings. The van der Waals surface area contributed by atoms with E-state index >= 15 is 0 Å². The largest absolute Gasteiger partial charge is 0.465 e. The van der Waals surface area contributed by atoms with Crippen LogP contribution in [0.5, 0.6) is 0 Å². The highest BCUT2D eigenvalue weighted by Crippen LogP contribution is 2.13. The molecule has 1 rings (SSSR count). The second kappa shape index (κ2) is 4.85. The molecule has 1 unspecified atom stereocenters. The highest BCUT2D eigenvalue weighted by Gasteiger charge is 2.16. The van der Waals surface area contributed by atoms with Crippen LogP contribution in [0.2, 0.25) is 0 Å². The van der Waals surface area contributed by atoms with E-state index in [0.717, 1.165) is 0 Å². The van der Waals surface area contributed by atoms with Crippen molar-refractivity contribution in [2.24, 2.45) is 5.73 Å². The first kappa shape index (κ1) is 10.8. The summed E-state index contributed by atoms with van der Waals surface area (Å²) in [4.78, 5) is 21.0.